The van der Waals surface area contributed by atoms with Gasteiger partial charge in [0.15, 0.2) is 12.0 Å². The number of hydrogen-bond acceptors (Lipinski definition) is 7. The highest BCUT2D eigenvalue weighted by Gasteiger charge is 2.43. The van der Waals surface area contributed by atoms with E-state index >= 15 is 0 Å². The molecule has 9 heteroatoms. The van der Waals surface area contributed by atoms with E-state index in [1.807, 2.05) is 0 Å². The molecule has 1 aliphatic rings. The van der Waals surface area contributed by atoms with E-state index in [4.69, 9.17) is 9.15 Å². The lowest BCUT2D eigenvalue weighted by Gasteiger charge is -2.17. The summed E-state index contributed by atoms with van der Waals surface area (Å²) in [7, 11) is 0. The Hall–Kier alpha value is -2.33. The maximum Gasteiger partial charge on any atom is 0.311 e. The zero-order valence-corrected chi connectivity index (χ0v) is 12.3. The zero-order chi connectivity index (χ0) is 16.8. The van der Waals surface area contributed by atoms with Crippen LogP contribution in [0.25, 0.3) is 22.5 Å². The molecule has 1 fully saturated rings. The summed E-state index contributed by atoms with van der Waals surface area (Å²) in [6, 6.07) is 4.94. The van der Waals surface area contributed by atoms with E-state index in [1.165, 1.54) is 10.8 Å². The van der Waals surface area contributed by atoms with E-state index in [9.17, 15) is 19.7 Å². The molecule has 3 aromatic rings. The van der Waals surface area contributed by atoms with Gasteiger partial charge in [-0.3, -0.25) is 0 Å². The molecule has 2 unspecified atom stereocenters. The van der Waals surface area contributed by atoms with Gasteiger partial charge in [0, 0.05) is 11.6 Å². The lowest BCUT2D eigenvalue weighted by atomic mass is 10.1. The lowest BCUT2D eigenvalue weighted by molar-refractivity contribution is -0.0509. The van der Waals surface area contributed by atoms with Gasteiger partial charge in [-0.15, -0.1) is 0 Å². The fraction of sp³-hybridized carbons (Fsp3) is 0.333. The van der Waals surface area contributed by atoms with Crippen molar-refractivity contribution in [3.05, 3.63) is 36.7 Å². The first-order valence-corrected chi connectivity index (χ1v) is 7.30. The van der Waals surface area contributed by atoms with Crippen molar-refractivity contribution in [2.45, 2.75) is 24.5 Å². The Morgan fingerprint density at radius 2 is 2.04 bits per heavy atom. The molecule has 4 rings (SSSR count). The Morgan fingerprint density at radius 1 is 1.21 bits per heavy atom. The number of furan rings is 1. The van der Waals surface area contributed by atoms with Crippen LogP contribution in [0.1, 0.15) is 6.23 Å². The van der Waals surface area contributed by atoms with Crippen LogP contribution in [-0.2, 0) is 4.74 Å². The smallest absolute Gasteiger partial charge is 0.311 e. The van der Waals surface area contributed by atoms with Crippen LogP contribution in [0.2, 0.25) is 0 Å². The maximum atomic E-state index is 13.9. The SMILES string of the molecule is OC[C@H]1O[C@@H](n2ccc3c(-c4ccco4)nc(F)nc32)C(O)C1O. The Bertz CT molecular complexity index is 866. The molecule has 0 aliphatic carbocycles. The normalized spacial score (nSPS) is 27.2. The molecule has 1 saturated heterocycles. The van der Waals surface area contributed by atoms with E-state index in [0.717, 1.165) is 0 Å². The van der Waals surface area contributed by atoms with Crippen molar-refractivity contribution >= 4 is 11.0 Å². The number of nitrogens with zero attached hydrogens (tertiary/aromatic N) is 3. The Morgan fingerprint density at radius 3 is 2.71 bits per heavy atom. The fourth-order valence-corrected chi connectivity index (χ4v) is 2.92. The molecular weight excluding hydrogens is 321 g/mol. The largest absolute Gasteiger partial charge is 0.463 e. The molecule has 0 amide bonds. The summed E-state index contributed by atoms with van der Waals surface area (Å²) in [5, 5.41) is 29.7. The second kappa shape index (κ2) is 5.64. The molecule has 8 nitrogen and oxygen atoms in total. The summed E-state index contributed by atoms with van der Waals surface area (Å²) in [4.78, 5) is 7.54. The minimum atomic E-state index is -1.29. The molecule has 0 saturated carbocycles. The number of fused-ring (bicyclic) bond motifs is 1. The van der Waals surface area contributed by atoms with Gasteiger partial charge in [-0.05, 0) is 18.2 Å². The van der Waals surface area contributed by atoms with E-state index in [1.54, 1.807) is 24.4 Å². The van der Waals surface area contributed by atoms with Gasteiger partial charge in [-0.2, -0.15) is 14.4 Å². The average molecular weight is 335 g/mol. The van der Waals surface area contributed by atoms with Crippen LogP contribution in [0.3, 0.4) is 0 Å². The third-order valence-electron chi connectivity index (χ3n) is 4.09. The van der Waals surface area contributed by atoms with Crippen LogP contribution in [-0.4, -0.2) is 54.8 Å². The number of aromatic nitrogens is 3. The average Bonchev–Trinajstić information content (AvgIpc) is 3.28. The Balaban J connectivity index is 1.84. The van der Waals surface area contributed by atoms with Crippen LogP contribution in [0, 0.1) is 6.08 Å². The first kappa shape index (κ1) is 15.2. The van der Waals surface area contributed by atoms with E-state index in [0.29, 0.717) is 11.1 Å². The molecule has 4 atom stereocenters. The third kappa shape index (κ3) is 2.21. The Labute approximate surface area is 134 Å². The highest BCUT2D eigenvalue weighted by atomic mass is 19.1. The Kier molecular flexibility index (Phi) is 3.57. The molecule has 3 N–H and O–H groups in total. The van der Waals surface area contributed by atoms with Crippen molar-refractivity contribution in [1.82, 2.24) is 14.5 Å². The van der Waals surface area contributed by atoms with Crippen molar-refractivity contribution in [3.8, 4) is 11.5 Å². The van der Waals surface area contributed by atoms with E-state index < -0.39 is 37.2 Å². The van der Waals surface area contributed by atoms with Gasteiger partial charge in [-0.1, -0.05) is 0 Å². The molecule has 4 heterocycles. The lowest BCUT2D eigenvalue weighted by Crippen LogP contribution is -2.33. The number of aliphatic hydroxyl groups is 3. The molecule has 3 aromatic heterocycles. The van der Waals surface area contributed by atoms with Gasteiger partial charge < -0.3 is 29.0 Å². The van der Waals surface area contributed by atoms with Gasteiger partial charge in [0.25, 0.3) is 0 Å². The predicted octanol–water partition coefficient (Wildman–Crippen LogP) is 0.442. The van der Waals surface area contributed by atoms with E-state index in [-0.39, 0.29) is 11.3 Å². The van der Waals surface area contributed by atoms with Gasteiger partial charge in [0.1, 0.15) is 29.7 Å². The molecule has 0 aromatic carbocycles. The summed E-state index contributed by atoms with van der Waals surface area (Å²) in [6.07, 6.45) is -2.44. The molecule has 126 valence electrons. The summed E-state index contributed by atoms with van der Waals surface area (Å²) in [5.74, 6) is 0.375. The quantitative estimate of drug-likeness (QED) is 0.595. The van der Waals surface area contributed by atoms with E-state index in [2.05, 4.69) is 9.97 Å². The zero-order valence-electron chi connectivity index (χ0n) is 12.3. The van der Waals surface area contributed by atoms with Gasteiger partial charge in [0.2, 0.25) is 0 Å². The van der Waals surface area contributed by atoms with Crippen molar-refractivity contribution < 1.29 is 28.9 Å². The minimum Gasteiger partial charge on any atom is -0.463 e. The van der Waals surface area contributed by atoms with Crippen molar-refractivity contribution in [2.75, 3.05) is 6.61 Å². The second-order valence-corrected chi connectivity index (χ2v) is 5.51. The van der Waals surface area contributed by atoms with Crippen LogP contribution in [0.4, 0.5) is 4.39 Å². The number of halogens is 1. The molecule has 24 heavy (non-hydrogen) atoms. The molecule has 0 spiro atoms. The first-order chi connectivity index (χ1) is 11.6. The monoisotopic (exact) mass is 335 g/mol. The topological polar surface area (TPSA) is 114 Å². The standard InChI is InChI=1S/C15H14FN3O5/c16-15-17-10(8-2-1-5-23-8)7-3-4-19(13(7)18-15)14-12(22)11(21)9(6-20)24-14/h1-5,9,11-12,14,20-22H,6H2/t9-,11?,12?,14-/m1/s1. The van der Waals surface area contributed by atoms with Crippen molar-refractivity contribution in [3.63, 3.8) is 0 Å². The van der Waals surface area contributed by atoms with Gasteiger partial charge >= 0.3 is 6.08 Å². The van der Waals surface area contributed by atoms with Gasteiger partial charge in [0.05, 0.1) is 12.9 Å². The second-order valence-electron chi connectivity index (χ2n) is 5.51. The summed E-state index contributed by atoms with van der Waals surface area (Å²) in [6.45, 7) is -0.449. The summed E-state index contributed by atoms with van der Waals surface area (Å²) < 4.78 is 26.0. The van der Waals surface area contributed by atoms with Crippen molar-refractivity contribution in [2.24, 2.45) is 0 Å². The number of hydrogen-bond donors (Lipinski definition) is 3. The first-order valence-electron chi connectivity index (χ1n) is 7.30. The highest BCUT2D eigenvalue weighted by Crippen LogP contribution is 2.34. The molecule has 0 bridgehead atoms. The van der Waals surface area contributed by atoms with Gasteiger partial charge in [-0.25, -0.2) is 0 Å². The van der Waals surface area contributed by atoms with Crippen LogP contribution in [0.5, 0.6) is 0 Å². The third-order valence-corrected chi connectivity index (χ3v) is 4.09. The summed E-state index contributed by atoms with van der Waals surface area (Å²) in [5.41, 5.74) is 0.455. The highest BCUT2D eigenvalue weighted by molar-refractivity contribution is 5.89. The fourth-order valence-electron chi connectivity index (χ4n) is 2.92. The molecular formula is C15H14FN3O5. The van der Waals surface area contributed by atoms with Crippen LogP contribution >= 0.6 is 0 Å². The predicted molar refractivity (Wildman–Crippen MR) is 78.2 cm³/mol. The number of aliphatic hydroxyl groups excluding tert-OH is 3. The summed E-state index contributed by atoms with van der Waals surface area (Å²) >= 11 is 0. The van der Waals surface area contributed by atoms with Crippen LogP contribution in [0.15, 0.2) is 35.1 Å². The van der Waals surface area contributed by atoms with Crippen molar-refractivity contribution in [1.29, 1.82) is 0 Å². The van der Waals surface area contributed by atoms with Crippen LogP contribution < -0.4 is 0 Å². The number of rotatable bonds is 3. The number of ether oxygens (including phenoxy) is 1. The maximum absolute atomic E-state index is 13.9. The molecule has 1 aliphatic heterocycles. The minimum absolute atomic E-state index is 0.184. The molecule has 0 radical (unpaired) electrons.